The molecule has 0 aliphatic heterocycles. The third-order valence-electron chi connectivity index (χ3n) is 4.73. The zero-order valence-corrected chi connectivity index (χ0v) is 19.5. The zero-order chi connectivity index (χ0) is 22.0. The highest BCUT2D eigenvalue weighted by Crippen LogP contribution is 2.33. The van der Waals surface area contributed by atoms with Crippen molar-refractivity contribution in [2.45, 2.75) is 60.8 Å². The Morgan fingerprint density at radius 2 is 1.76 bits per heavy atom. The topological polar surface area (TPSA) is 12.0 Å². The molecule has 0 spiro atoms. The summed E-state index contributed by atoms with van der Waals surface area (Å²) in [5, 5.41) is 3.60. The molecule has 0 saturated carbocycles. The van der Waals surface area contributed by atoms with Gasteiger partial charge >= 0.3 is 0 Å². The van der Waals surface area contributed by atoms with Crippen molar-refractivity contribution in [1.82, 2.24) is 0 Å². The van der Waals surface area contributed by atoms with Crippen molar-refractivity contribution in [2.24, 2.45) is 0 Å². The van der Waals surface area contributed by atoms with Gasteiger partial charge < -0.3 is 5.32 Å². The summed E-state index contributed by atoms with van der Waals surface area (Å²) >= 11 is 5.96. The Hall–Kier alpha value is -2.06. The second kappa shape index (κ2) is 12.5. The lowest BCUT2D eigenvalue weighted by Gasteiger charge is -2.19. The number of nitrogens with one attached hydrogen (secondary N) is 1. The number of hydrogen-bond donors (Lipinski definition) is 1. The smallest absolute Gasteiger partial charge is 0.145 e. The van der Waals surface area contributed by atoms with E-state index in [-0.39, 0.29) is 10.8 Å². The standard InChI is InChI=1S/C23H27ClFN.C3H8/c1-6-15(4)16(5)20-13-19(17(7-2)14-22(20)26-8-3)12-18-10-9-11-21(24)23(18)25;1-3-2/h6,9-11,13-14,26H,5,7-8,12H2,1-4H3;3H2,1-2H3/b15-6-;. The van der Waals surface area contributed by atoms with Crippen LogP contribution >= 0.6 is 11.6 Å². The van der Waals surface area contributed by atoms with Crippen LogP contribution in [0.25, 0.3) is 5.57 Å². The molecule has 0 fully saturated rings. The first-order valence-electron chi connectivity index (χ1n) is 10.5. The molecule has 2 aromatic rings. The largest absolute Gasteiger partial charge is 0.385 e. The number of halogens is 2. The predicted octanol–water partition coefficient (Wildman–Crippen LogP) is 8.46. The van der Waals surface area contributed by atoms with Gasteiger partial charge in [0.15, 0.2) is 0 Å². The summed E-state index contributed by atoms with van der Waals surface area (Å²) in [5.74, 6) is -0.336. The van der Waals surface area contributed by atoms with E-state index in [2.05, 4.69) is 64.7 Å². The third kappa shape index (κ3) is 6.75. The van der Waals surface area contributed by atoms with Gasteiger partial charge in [0.2, 0.25) is 0 Å². The highest BCUT2D eigenvalue weighted by atomic mass is 35.5. The Morgan fingerprint density at radius 1 is 1.10 bits per heavy atom. The Labute approximate surface area is 181 Å². The van der Waals surface area contributed by atoms with Gasteiger partial charge in [0, 0.05) is 24.2 Å². The number of rotatable bonds is 7. The van der Waals surface area contributed by atoms with Gasteiger partial charge in [-0.25, -0.2) is 4.39 Å². The molecule has 3 heteroatoms. The van der Waals surface area contributed by atoms with E-state index in [1.54, 1.807) is 18.2 Å². The van der Waals surface area contributed by atoms with Crippen molar-refractivity contribution in [3.05, 3.63) is 81.7 Å². The van der Waals surface area contributed by atoms with E-state index in [4.69, 9.17) is 11.6 Å². The zero-order valence-electron chi connectivity index (χ0n) is 18.8. The Morgan fingerprint density at radius 3 is 2.31 bits per heavy atom. The third-order valence-corrected chi connectivity index (χ3v) is 5.03. The molecule has 0 radical (unpaired) electrons. The second-order valence-electron chi connectivity index (χ2n) is 7.10. The van der Waals surface area contributed by atoms with E-state index in [9.17, 15) is 4.39 Å². The van der Waals surface area contributed by atoms with Crippen LogP contribution < -0.4 is 5.32 Å². The van der Waals surface area contributed by atoms with E-state index < -0.39 is 0 Å². The molecule has 1 N–H and O–H groups in total. The average molecular weight is 416 g/mol. The van der Waals surface area contributed by atoms with E-state index in [0.29, 0.717) is 12.0 Å². The second-order valence-corrected chi connectivity index (χ2v) is 7.50. The van der Waals surface area contributed by atoms with E-state index in [1.807, 2.05) is 6.92 Å². The molecule has 0 amide bonds. The summed E-state index contributed by atoms with van der Waals surface area (Å²) in [6, 6.07) is 9.49. The Bertz CT molecular complexity index is 852. The van der Waals surface area contributed by atoms with Crippen LogP contribution in [0, 0.1) is 5.82 Å². The van der Waals surface area contributed by atoms with Crippen LogP contribution in [0.3, 0.4) is 0 Å². The summed E-state index contributed by atoms with van der Waals surface area (Å²) < 4.78 is 14.4. The fraction of sp³-hybridized carbons (Fsp3) is 0.385. The number of benzene rings is 2. The van der Waals surface area contributed by atoms with Crippen LogP contribution in [0.15, 0.2) is 48.6 Å². The minimum Gasteiger partial charge on any atom is -0.385 e. The van der Waals surface area contributed by atoms with Crippen molar-refractivity contribution in [1.29, 1.82) is 0 Å². The first-order valence-corrected chi connectivity index (χ1v) is 10.9. The summed E-state index contributed by atoms with van der Waals surface area (Å²) in [4.78, 5) is 0. The fourth-order valence-electron chi connectivity index (χ4n) is 3.05. The summed E-state index contributed by atoms with van der Waals surface area (Å²) in [5.41, 5.74) is 7.18. The van der Waals surface area contributed by atoms with Crippen LogP contribution in [0.5, 0.6) is 0 Å². The molecule has 0 heterocycles. The van der Waals surface area contributed by atoms with Gasteiger partial charge in [-0.3, -0.25) is 0 Å². The molecule has 0 aliphatic rings. The number of aryl methyl sites for hydroxylation is 1. The van der Waals surface area contributed by atoms with Crippen molar-refractivity contribution in [2.75, 3.05) is 11.9 Å². The highest BCUT2D eigenvalue weighted by Gasteiger charge is 2.14. The Balaban J connectivity index is 0.00000132. The fourth-order valence-corrected chi connectivity index (χ4v) is 3.24. The maximum atomic E-state index is 14.4. The number of hydrogen-bond acceptors (Lipinski definition) is 1. The van der Waals surface area contributed by atoms with Crippen molar-refractivity contribution in [3.63, 3.8) is 0 Å². The van der Waals surface area contributed by atoms with Crippen LogP contribution in [0.4, 0.5) is 10.1 Å². The van der Waals surface area contributed by atoms with Gasteiger partial charge in [-0.05, 0) is 73.2 Å². The first kappa shape index (κ1) is 25.0. The van der Waals surface area contributed by atoms with Crippen molar-refractivity contribution < 1.29 is 4.39 Å². The van der Waals surface area contributed by atoms with Gasteiger partial charge in [-0.2, -0.15) is 0 Å². The molecule has 0 aliphatic carbocycles. The SMILES string of the molecule is C=C(/C(C)=C\C)c1cc(Cc2cccc(Cl)c2F)c(CC)cc1NCC.CCC. The van der Waals surface area contributed by atoms with Crippen LogP contribution in [-0.4, -0.2) is 6.54 Å². The highest BCUT2D eigenvalue weighted by molar-refractivity contribution is 6.30. The Kier molecular flexibility index (Phi) is 10.8. The van der Waals surface area contributed by atoms with Crippen molar-refractivity contribution >= 4 is 22.9 Å². The quantitative estimate of drug-likeness (QED) is 0.447. The minimum absolute atomic E-state index is 0.166. The molecule has 2 rings (SSSR count). The maximum Gasteiger partial charge on any atom is 0.145 e. The number of anilines is 1. The molecule has 0 aromatic heterocycles. The monoisotopic (exact) mass is 415 g/mol. The van der Waals surface area contributed by atoms with E-state index in [1.165, 1.54) is 12.0 Å². The lowest BCUT2D eigenvalue weighted by atomic mass is 9.90. The predicted molar refractivity (Wildman–Crippen MR) is 129 cm³/mol. The van der Waals surface area contributed by atoms with E-state index >= 15 is 0 Å². The molecule has 158 valence electrons. The lowest BCUT2D eigenvalue weighted by molar-refractivity contribution is 0.614. The minimum atomic E-state index is -0.336. The molecule has 29 heavy (non-hydrogen) atoms. The molecule has 0 atom stereocenters. The van der Waals surface area contributed by atoms with Crippen LogP contribution in [0.2, 0.25) is 5.02 Å². The van der Waals surface area contributed by atoms with Crippen molar-refractivity contribution in [3.8, 4) is 0 Å². The van der Waals surface area contributed by atoms with Gasteiger partial charge in [0.25, 0.3) is 0 Å². The molecule has 0 unspecified atom stereocenters. The lowest BCUT2D eigenvalue weighted by Crippen LogP contribution is -2.05. The summed E-state index contributed by atoms with van der Waals surface area (Å²) in [6.45, 7) is 17.6. The number of allylic oxidation sites excluding steroid dienone is 3. The maximum absolute atomic E-state index is 14.4. The van der Waals surface area contributed by atoms with Crippen LogP contribution in [0.1, 0.15) is 70.2 Å². The molecular formula is C26H35ClFN. The first-order chi connectivity index (χ1) is 13.8. The molecule has 2 aromatic carbocycles. The van der Waals surface area contributed by atoms with Gasteiger partial charge in [-0.1, -0.05) is 63.6 Å². The molecule has 0 bridgehead atoms. The summed E-state index contributed by atoms with van der Waals surface area (Å²) in [6.07, 6.45) is 4.70. The van der Waals surface area contributed by atoms with Crippen LogP contribution in [-0.2, 0) is 12.8 Å². The molecular weight excluding hydrogens is 381 g/mol. The van der Waals surface area contributed by atoms with Gasteiger partial charge in [-0.15, -0.1) is 0 Å². The molecule has 0 saturated heterocycles. The average Bonchev–Trinajstić information content (AvgIpc) is 2.71. The van der Waals surface area contributed by atoms with Gasteiger partial charge in [0.05, 0.1) is 5.02 Å². The summed E-state index contributed by atoms with van der Waals surface area (Å²) in [7, 11) is 0. The van der Waals surface area contributed by atoms with Gasteiger partial charge in [0.1, 0.15) is 5.82 Å². The van der Waals surface area contributed by atoms with E-state index in [0.717, 1.165) is 40.9 Å². The molecule has 1 nitrogen and oxygen atoms in total. The normalized spacial score (nSPS) is 11.0.